The maximum Gasteiger partial charge on any atom is 0.234 e. The number of carbonyl (C=O) groups excluding carboxylic acids is 1. The summed E-state index contributed by atoms with van der Waals surface area (Å²) in [6, 6.07) is 1.00. The Morgan fingerprint density at radius 1 is 1.12 bits per heavy atom. The first kappa shape index (κ1) is 12.2. The summed E-state index contributed by atoms with van der Waals surface area (Å²) in [7, 11) is 0. The number of hydrogen-bond donors (Lipinski definition) is 2. The van der Waals surface area contributed by atoms with E-state index in [0.717, 1.165) is 5.75 Å². The van der Waals surface area contributed by atoms with Gasteiger partial charge in [0.15, 0.2) is 0 Å². The van der Waals surface area contributed by atoms with Gasteiger partial charge in [-0.3, -0.25) is 4.79 Å². The molecule has 1 unspecified atom stereocenters. The van der Waals surface area contributed by atoms with Crippen LogP contribution in [-0.2, 0) is 4.79 Å². The van der Waals surface area contributed by atoms with Crippen molar-refractivity contribution in [1.82, 2.24) is 10.6 Å². The second kappa shape index (κ2) is 6.50. The molecule has 0 aromatic heterocycles. The van der Waals surface area contributed by atoms with Crippen molar-refractivity contribution in [2.24, 2.45) is 0 Å². The molecule has 1 aliphatic heterocycles. The van der Waals surface area contributed by atoms with Crippen LogP contribution in [0.15, 0.2) is 0 Å². The normalized spacial score (nSPS) is 26.9. The molecule has 0 bridgehead atoms. The molecule has 1 saturated heterocycles. The van der Waals surface area contributed by atoms with Crippen LogP contribution in [0, 0.1) is 0 Å². The molecule has 0 radical (unpaired) electrons. The SMILES string of the molecule is O=C(CNC1CCSC1)NC1CCCCC1. The average Bonchev–Trinajstić information content (AvgIpc) is 2.81. The standard InChI is InChI=1S/C12H22N2OS/c15-12(8-13-11-6-7-16-9-11)14-10-4-2-1-3-5-10/h10-11,13H,1-9H2,(H,14,15). The molecule has 1 atom stereocenters. The predicted molar refractivity (Wildman–Crippen MR) is 68.7 cm³/mol. The number of carbonyl (C=O) groups is 1. The molecular formula is C12H22N2OS. The van der Waals surface area contributed by atoms with E-state index < -0.39 is 0 Å². The monoisotopic (exact) mass is 242 g/mol. The van der Waals surface area contributed by atoms with Gasteiger partial charge in [-0.15, -0.1) is 0 Å². The summed E-state index contributed by atoms with van der Waals surface area (Å²) in [5, 5.41) is 6.47. The highest BCUT2D eigenvalue weighted by atomic mass is 32.2. The van der Waals surface area contributed by atoms with E-state index in [9.17, 15) is 4.79 Å². The van der Waals surface area contributed by atoms with Crippen LogP contribution in [0.4, 0.5) is 0 Å². The van der Waals surface area contributed by atoms with Crippen molar-refractivity contribution in [3.8, 4) is 0 Å². The van der Waals surface area contributed by atoms with Gasteiger partial charge in [-0.05, 0) is 25.0 Å². The predicted octanol–water partition coefficient (Wildman–Crippen LogP) is 1.53. The quantitative estimate of drug-likeness (QED) is 0.785. The molecule has 16 heavy (non-hydrogen) atoms. The fourth-order valence-corrected chi connectivity index (χ4v) is 3.65. The highest BCUT2D eigenvalue weighted by Gasteiger charge is 2.18. The van der Waals surface area contributed by atoms with Gasteiger partial charge in [-0.25, -0.2) is 0 Å². The largest absolute Gasteiger partial charge is 0.352 e. The van der Waals surface area contributed by atoms with Crippen LogP contribution in [0.3, 0.4) is 0 Å². The van der Waals surface area contributed by atoms with Crippen LogP contribution >= 0.6 is 11.8 Å². The van der Waals surface area contributed by atoms with Crippen molar-refractivity contribution < 1.29 is 4.79 Å². The topological polar surface area (TPSA) is 41.1 Å². The Morgan fingerprint density at radius 3 is 2.62 bits per heavy atom. The molecular weight excluding hydrogens is 220 g/mol. The van der Waals surface area contributed by atoms with Gasteiger partial charge in [0.05, 0.1) is 6.54 Å². The maximum absolute atomic E-state index is 11.7. The van der Waals surface area contributed by atoms with Crippen molar-refractivity contribution in [2.75, 3.05) is 18.1 Å². The minimum atomic E-state index is 0.184. The molecule has 2 aliphatic rings. The highest BCUT2D eigenvalue weighted by Crippen LogP contribution is 2.18. The lowest BCUT2D eigenvalue weighted by atomic mass is 9.95. The second-order valence-electron chi connectivity index (χ2n) is 4.84. The van der Waals surface area contributed by atoms with Gasteiger partial charge < -0.3 is 10.6 Å². The van der Waals surface area contributed by atoms with Crippen molar-refractivity contribution in [1.29, 1.82) is 0 Å². The summed E-state index contributed by atoms with van der Waals surface area (Å²) in [4.78, 5) is 11.7. The minimum Gasteiger partial charge on any atom is -0.352 e. The van der Waals surface area contributed by atoms with Gasteiger partial charge in [0, 0.05) is 17.8 Å². The van der Waals surface area contributed by atoms with E-state index in [-0.39, 0.29) is 5.91 Å². The molecule has 1 aliphatic carbocycles. The molecule has 2 fully saturated rings. The van der Waals surface area contributed by atoms with E-state index in [1.54, 1.807) is 0 Å². The van der Waals surface area contributed by atoms with Crippen LogP contribution in [-0.4, -0.2) is 36.0 Å². The zero-order valence-electron chi connectivity index (χ0n) is 9.84. The Bertz CT molecular complexity index is 223. The van der Waals surface area contributed by atoms with Gasteiger partial charge >= 0.3 is 0 Å². The molecule has 3 nitrogen and oxygen atoms in total. The van der Waals surface area contributed by atoms with Gasteiger partial charge in [-0.1, -0.05) is 19.3 Å². The minimum absolute atomic E-state index is 0.184. The third kappa shape index (κ3) is 3.98. The first-order valence-electron chi connectivity index (χ1n) is 6.45. The maximum atomic E-state index is 11.7. The lowest BCUT2D eigenvalue weighted by Gasteiger charge is -2.23. The molecule has 4 heteroatoms. The van der Waals surface area contributed by atoms with Crippen molar-refractivity contribution in [3.63, 3.8) is 0 Å². The number of thioether (sulfide) groups is 1. The van der Waals surface area contributed by atoms with Gasteiger partial charge in [0.1, 0.15) is 0 Å². The summed E-state index contributed by atoms with van der Waals surface area (Å²) < 4.78 is 0. The number of amides is 1. The highest BCUT2D eigenvalue weighted by molar-refractivity contribution is 7.99. The second-order valence-corrected chi connectivity index (χ2v) is 5.99. The van der Waals surface area contributed by atoms with Crippen molar-refractivity contribution in [2.45, 2.75) is 50.6 Å². The van der Waals surface area contributed by atoms with Gasteiger partial charge in [0.25, 0.3) is 0 Å². The summed E-state index contributed by atoms with van der Waals surface area (Å²) >= 11 is 1.98. The van der Waals surface area contributed by atoms with E-state index in [4.69, 9.17) is 0 Å². The molecule has 0 aromatic carbocycles. The van der Waals surface area contributed by atoms with Crippen LogP contribution < -0.4 is 10.6 Å². The fourth-order valence-electron chi connectivity index (χ4n) is 2.46. The summed E-state index contributed by atoms with van der Waals surface area (Å²) in [6.45, 7) is 0.502. The van der Waals surface area contributed by atoms with Crippen molar-refractivity contribution in [3.05, 3.63) is 0 Å². The molecule has 0 spiro atoms. The van der Waals surface area contributed by atoms with E-state index in [2.05, 4.69) is 10.6 Å². The Balaban J connectivity index is 1.59. The zero-order valence-corrected chi connectivity index (χ0v) is 10.7. The van der Waals surface area contributed by atoms with Gasteiger partial charge in [-0.2, -0.15) is 11.8 Å². The number of nitrogens with one attached hydrogen (secondary N) is 2. The Kier molecular flexibility index (Phi) is 4.97. The Labute approximate surface area is 102 Å². The molecule has 2 rings (SSSR count). The van der Waals surface area contributed by atoms with E-state index >= 15 is 0 Å². The van der Waals surface area contributed by atoms with Crippen LogP contribution in [0.25, 0.3) is 0 Å². The third-order valence-corrected chi connectivity index (χ3v) is 4.61. The van der Waals surface area contributed by atoms with E-state index in [1.165, 1.54) is 44.3 Å². The molecule has 1 heterocycles. The van der Waals surface area contributed by atoms with Crippen LogP contribution in [0.2, 0.25) is 0 Å². The lowest BCUT2D eigenvalue weighted by Crippen LogP contribution is -2.43. The molecule has 1 saturated carbocycles. The third-order valence-electron chi connectivity index (χ3n) is 3.45. The van der Waals surface area contributed by atoms with Crippen molar-refractivity contribution >= 4 is 17.7 Å². The lowest BCUT2D eigenvalue weighted by molar-refractivity contribution is -0.121. The molecule has 92 valence electrons. The number of hydrogen-bond acceptors (Lipinski definition) is 3. The fraction of sp³-hybridized carbons (Fsp3) is 0.917. The first-order chi connectivity index (χ1) is 7.84. The molecule has 2 N–H and O–H groups in total. The number of rotatable bonds is 4. The summed E-state index contributed by atoms with van der Waals surface area (Å²) in [5.41, 5.74) is 0. The Morgan fingerprint density at radius 2 is 1.94 bits per heavy atom. The summed E-state index contributed by atoms with van der Waals surface area (Å²) in [6.07, 6.45) is 7.44. The van der Waals surface area contributed by atoms with Crippen LogP contribution in [0.1, 0.15) is 38.5 Å². The Hall–Kier alpha value is -0.220. The van der Waals surface area contributed by atoms with E-state index in [0.29, 0.717) is 18.6 Å². The first-order valence-corrected chi connectivity index (χ1v) is 7.60. The van der Waals surface area contributed by atoms with E-state index in [1.807, 2.05) is 11.8 Å². The smallest absolute Gasteiger partial charge is 0.234 e. The average molecular weight is 242 g/mol. The van der Waals surface area contributed by atoms with Gasteiger partial charge in [0.2, 0.25) is 5.91 Å². The molecule has 0 aromatic rings. The molecule has 1 amide bonds. The zero-order chi connectivity index (χ0) is 11.2. The summed E-state index contributed by atoms with van der Waals surface area (Å²) in [5.74, 6) is 2.59. The van der Waals surface area contributed by atoms with Crippen LogP contribution in [0.5, 0.6) is 0 Å².